The molecule has 0 unspecified atom stereocenters. The van der Waals surface area contributed by atoms with Crippen molar-refractivity contribution >= 4 is 5.69 Å². The van der Waals surface area contributed by atoms with Crippen LogP contribution in [0.25, 0.3) is 11.3 Å². The van der Waals surface area contributed by atoms with E-state index in [1.165, 1.54) is 0 Å². The van der Waals surface area contributed by atoms with Crippen molar-refractivity contribution in [3.8, 4) is 22.8 Å². The first-order chi connectivity index (χ1) is 8.65. The molecule has 0 aliphatic heterocycles. The third kappa shape index (κ3) is 2.22. The minimum Gasteiger partial charge on any atom is -0.493 e. The predicted molar refractivity (Wildman–Crippen MR) is 71.9 cm³/mol. The zero-order valence-electron chi connectivity index (χ0n) is 10.7. The van der Waals surface area contributed by atoms with E-state index in [4.69, 9.17) is 15.2 Å². The van der Waals surface area contributed by atoms with Gasteiger partial charge in [-0.2, -0.15) is 0 Å². The molecule has 0 atom stereocenters. The van der Waals surface area contributed by atoms with Crippen molar-refractivity contribution in [1.29, 1.82) is 0 Å². The number of hydrogen-bond donors (Lipinski definition) is 1. The lowest BCUT2D eigenvalue weighted by Crippen LogP contribution is -1.96. The highest BCUT2D eigenvalue weighted by Gasteiger charge is 2.09. The second-order valence-corrected chi connectivity index (χ2v) is 4.02. The molecule has 1 aromatic carbocycles. The van der Waals surface area contributed by atoms with E-state index in [1.807, 2.05) is 31.2 Å². The van der Waals surface area contributed by atoms with Gasteiger partial charge in [-0.3, -0.25) is 4.98 Å². The molecule has 0 spiro atoms. The molecule has 0 radical (unpaired) electrons. The molecule has 0 aliphatic carbocycles. The number of pyridine rings is 1. The second-order valence-electron chi connectivity index (χ2n) is 4.02. The molecule has 1 aromatic heterocycles. The van der Waals surface area contributed by atoms with E-state index in [1.54, 1.807) is 20.4 Å². The average Bonchev–Trinajstić information content (AvgIpc) is 2.38. The first-order valence-electron chi connectivity index (χ1n) is 5.60. The van der Waals surface area contributed by atoms with Crippen LogP contribution in [0.5, 0.6) is 11.5 Å². The van der Waals surface area contributed by atoms with Gasteiger partial charge in [0, 0.05) is 11.8 Å². The molecule has 2 N–H and O–H groups in total. The lowest BCUT2D eigenvalue weighted by Gasteiger charge is -2.10. The third-order valence-electron chi connectivity index (χ3n) is 2.71. The average molecular weight is 244 g/mol. The summed E-state index contributed by atoms with van der Waals surface area (Å²) < 4.78 is 10.5. The van der Waals surface area contributed by atoms with Crippen LogP contribution in [0.1, 0.15) is 5.56 Å². The van der Waals surface area contributed by atoms with E-state index in [2.05, 4.69) is 4.98 Å². The summed E-state index contributed by atoms with van der Waals surface area (Å²) in [5, 5.41) is 0. The molecule has 0 saturated heterocycles. The largest absolute Gasteiger partial charge is 0.493 e. The molecule has 1 heterocycles. The summed E-state index contributed by atoms with van der Waals surface area (Å²) in [5.74, 6) is 1.35. The maximum Gasteiger partial charge on any atom is 0.161 e. The maximum absolute atomic E-state index is 5.98. The molecule has 2 rings (SSSR count). The van der Waals surface area contributed by atoms with Crippen molar-refractivity contribution in [2.24, 2.45) is 0 Å². The number of ether oxygens (including phenoxy) is 2. The minimum atomic E-state index is 0.655. The molecule has 4 nitrogen and oxygen atoms in total. The number of anilines is 1. The Labute approximate surface area is 106 Å². The first-order valence-corrected chi connectivity index (χ1v) is 5.60. The fraction of sp³-hybridized carbons (Fsp3) is 0.214. The van der Waals surface area contributed by atoms with E-state index < -0.39 is 0 Å². The topological polar surface area (TPSA) is 57.4 Å². The van der Waals surface area contributed by atoms with Gasteiger partial charge >= 0.3 is 0 Å². The third-order valence-corrected chi connectivity index (χ3v) is 2.71. The Kier molecular flexibility index (Phi) is 3.37. The Morgan fingerprint density at radius 3 is 2.39 bits per heavy atom. The summed E-state index contributed by atoms with van der Waals surface area (Å²) in [6.07, 6.45) is 1.79. The van der Waals surface area contributed by atoms with Crippen molar-refractivity contribution in [3.05, 3.63) is 36.0 Å². The monoisotopic (exact) mass is 244 g/mol. The molecule has 0 bridgehead atoms. The Hall–Kier alpha value is -2.23. The van der Waals surface area contributed by atoms with Crippen LogP contribution in [-0.4, -0.2) is 19.2 Å². The number of nitrogen functional groups attached to an aromatic ring is 1. The highest BCUT2D eigenvalue weighted by molar-refractivity contribution is 5.74. The van der Waals surface area contributed by atoms with Gasteiger partial charge in [0.2, 0.25) is 0 Å². The van der Waals surface area contributed by atoms with E-state index in [0.717, 1.165) is 16.8 Å². The predicted octanol–water partition coefficient (Wildman–Crippen LogP) is 2.66. The van der Waals surface area contributed by atoms with E-state index >= 15 is 0 Å². The number of methoxy groups -OCH3 is 2. The van der Waals surface area contributed by atoms with Gasteiger partial charge in [-0.05, 0) is 36.8 Å². The summed E-state index contributed by atoms with van der Waals surface area (Å²) in [6, 6.07) is 7.52. The van der Waals surface area contributed by atoms with Gasteiger partial charge in [-0.25, -0.2) is 0 Å². The molecule has 0 aliphatic rings. The van der Waals surface area contributed by atoms with E-state index in [9.17, 15) is 0 Å². The molecule has 0 fully saturated rings. The standard InChI is InChI=1S/C14H16N2O2/c1-9-6-11(15)14(16-8-9)10-4-5-12(17-2)13(7-10)18-3/h4-8H,15H2,1-3H3. The lowest BCUT2D eigenvalue weighted by molar-refractivity contribution is 0.355. The Bertz CT molecular complexity index is 568. The number of nitrogens with two attached hydrogens (primary N) is 1. The molecule has 0 amide bonds. The van der Waals surface area contributed by atoms with Gasteiger partial charge in [0.1, 0.15) is 0 Å². The van der Waals surface area contributed by atoms with Gasteiger partial charge in [-0.1, -0.05) is 0 Å². The minimum absolute atomic E-state index is 0.655. The number of aromatic nitrogens is 1. The van der Waals surface area contributed by atoms with Crippen LogP contribution >= 0.6 is 0 Å². The molecular weight excluding hydrogens is 228 g/mol. The van der Waals surface area contributed by atoms with Crippen LogP contribution in [0.15, 0.2) is 30.5 Å². The van der Waals surface area contributed by atoms with Crippen molar-refractivity contribution in [2.75, 3.05) is 20.0 Å². The van der Waals surface area contributed by atoms with Gasteiger partial charge in [0.15, 0.2) is 11.5 Å². The van der Waals surface area contributed by atoms with Crippen molar-refractivity contribution in [2.45, 2.75) is 6.92 Å². The molecule has 94 valence electrons. The molecule has 4 heteroatoms. The second kappa shape index (κ2) is 4.96. The quantitative estimate of drug-likeness (QED) is 0.901. The molecular formula is C14H16N2O2. The number of nitrogens with zero attached hydrogens (tertiary/aromatic N) is 1. The fourth-order valence-electron chi connectivity index (χ4n) is 1.82. The van der Waals surface area contributed by atoms with Gasteiger partial charge in [0.05, 0.1) is 25.6 Å². The molecule has 2 aromatic rings. The smallest absolute Gasteiger partial charge is 0.161 e. The fourth-order valence-corrected chi connectivity index (χ4v) is 1.82. The summed E-state index contributed by atoms with van der Waals surface area (Å²) in [4.78, 5) is 4.36. The molecule has 0 saturated carbocycles. The van der Waals surface area contributed by atoms with Crippen LogP contribution in [-0.2, 0) is 0 Å². The van der Waals surface area contributed by atoms with Gasteiger partial charge < -0.3 is 15.2 Å². The van der Waals surface area contributed by atoms with Crippen LogP contribution in [0.3, 0.4) is 0 Å². The van der Waals surface area contributed by atoms with Crippen LogP contribution < -0.4 is 15.2 Å². The zero-order valence-corrected chi connectivity index (χ0v) is 10.7. The molecule has 18 heavy (non-hydrogen) atoms. The summed E-state index contributed by atoms with van der Waals surface area (Å²) in [5.41, 5.74) is 9.33. The number of rotatable bonds is 3. The van der Waals surface area contributed by atoms with Crippen molar-refractivity contribution in [3.63, 3.8) is 0 Å². The van der Waals surface area contributed by atoms with Gasteiger partial charge in [-0.15, -0.1) is 0 Å². The summed E-state index contributed by atoms with van der Waals surface area (Å²) in [6.45, 7) is 1.96. The highest BCUT2D eigenvalue weighted by Crippen LogP contribution is 2.33. The number of aryl methyl sites for hydroxylation is 1. The highest BCUT2D eigenvalue weighted by atomic mass is 16.5. The SMILES string of the molecule is COc1ccc(-c2ncc(C)cc2N)cc1OC. The van der Waals surface area contributed by atoms with Crippen LogP contribution in [0.4, 0.5) is 5.69 Å². The maximum atomic E-state index is 5.98. The Morgan fingerprint density at radius 1 is 1.06 bits per heavy atom. The van der Waals surface area contributed by atoms with Gasteiger partial charge in [0.25, 0.3) is 0 Å². The van der Waals surface area contributed by atoms with Crippen molar-refractivity contribution < 1.29 is 9.47 Å². The van der Waals surface area contributed by atoms with E-state index in [-0.39, 0.29) is 0 Å². The number of hydrogen-bond acceptors (Lipinski definition) is 4. The van der Waals surface area contributed by atoms with Crippen LogP contribution in [0.2, 0.25) is 0 Å². The summed E-state index contributed by atoms with van der Waals surface area (Å²) >= 11 is 0. The Morgan fingerprint density at radius 2 is 1.78 bits per heavy atom. The van der Waals surface area contributed by atoms with Crippen molar-refractivity contribution in [1.82, 2.24) is 4.98 Å². The summed E-state index contributed by atoms with van der Waals surface area (Å²) in [7, 11) is 3.21. The van der Waals surface area contributed by atoms with Crippen LogP contribution in [0, 0.1) is 6.92 Å². The lowest BCUT2D eigenvalue weighted by atomic mass is 10.1. The number of benzene rings is 1. The Balaban J connectivity index is 2.51. The first kappa shape index (κ1) is 12.2. The normalized spacial score (nSPS) is 10.2. The van der Waals surface area contributed by atoms with E-state index in [0.29, 0.717) is 17.2 Å². The zero-order chi connectivity index (χ0) is 13.1.